The summed E-state index contributed by atoms with van der Waals surface area (Å²) in [6.07, 6.45) is 0. The van der Waals surface area contributed by atoms with Crippen LogP contribution in [0, 0.1) is 11.8 Å². The van der Waals surface area contributed by atoms with Crippen molar-refractivity contribution in [3.8, 4) is 5.75 Å². The van der Waals surface area contributed by atoms with Crippen molar-refractivity contribution in [2.24, 2.45) is 11.8 Å². The molecule has 0 radical (unpaired) electrons. The predicted molar refractivity (Wildman–Crippen MR) is 75.0 cm³/mol. The lowest BCUT2D eigenvalue weighted by atomic mass is 9.96. The maximum Gasteiger partial charge on any atom is 0.227 e. The molecule has 4 nitrogen and oxygen atoms in total. The first-order chi connectivity index (χ1) is 9.11. The fourth-order valence-corrected chi connectivity index (χ4v) is 2.55. The van der Waals surface area contributed by atoms with E-state index in [9.17, 15) is 4.79 Å². The Labute approximate surface area is 114 Å². The molecule has 1 aliphatic rings. The summed E-state index contributed by atoms with van der Waals surface area (Å²) in [6.45, 7) is 4.48. The molecule has 104 valence electrons. The van der Waals surface area contributed by atoms with Gasteiger partial charge in [-0.15, -0.1) is 0 Å². The minimum Gasteiger partial charge on any atom is -0.497 e. The highest BCUT2D eigenvalue weighted by Crippen LogP contribution is 2.20. The van der Waals surface area contributed by atoms with Crippen LogP contribution >= 0.6 is 0 Å². The molecule has 0 spiro atoms. The summed E-state index contributed by atoms with van der Waals surface area (Å²) in [4.78, 5) is 14.2. The van der Waals surface area contributed by atoms with Crippen LogP contribution in [0.3, 0.4) is 0 Å². The number of ether oxygens (including phenoxy) is 1. The van der Waals surface area contributed by atoms with Crippen molar-refractivity contribution < 1.29 is 9.53 Å². The van der Waals surface area contributed by atoms with Gasteiger partial charge in [0.05, 0.1) is 13.0 Å². The Morgan fingerprint density at radius 3 is 2.89 bits per heavy atom. The van der Waals surface area contributed by atoms with Crippen LogP contribution in [-0.2, 0) is 11.3 Å². The van der Waals surface area contributed by atoms with E-state index in [1.807, 2.05) is 36.2 Å². The summed E-state index contributed by atoms with van der Waals surface area (Å²) >= 11 is 0. The normalized spacial score (nSPS) is 22.3. The largest absolute Gasteiger partial charge is 0.497 e. The summed E-state index contributed by atoms with van der Waals surface area (Å²) in [6, 6.07) is 7.85. The first kappa shape index (κ1) is 13.9. The van der Waals surface area contributed by atoms with Crippen LogP contribution in [0.25, 0.3) is 0 Å². The van der Waals surface area contributed by atoms with Gasteiger partial charge in [0, 0.05) is 20.1 Å². The lowest BCUT2D eigenvalue weighted by Gasteiger charge is -2.23. The highest BCUT2D eigenvalue weighted by atomic mass is 16.5. The maximum atomic E-state index is 12.4. The number of hydrogen-bond acceptors (Lipinski definition) is 3. The Balaban J connectivity index is 1.99. The highest BCUT2D eigenvalue weighted by Gasteiger charge is 2.31. The van der Waals surface area contributed by atoms with Crippen molar-refractivity contribution in [2.45, 2.75) is 13.5 Å². The van der Waals surface area contributed by atoms with E-state index in [1.54, 1.807) is 7.11 Å². The second-order valence-electron chi connectivity index (χ2n) is 5.29. The van der Waals surface area contributed by atoms with E-state index in [0.717, 1.165) is 24.4 Å². The van der Waals surface area contributed by atoms with Crippen LogP contribution in [0.5, 0.6) is 5.75 Å². The Bertz CT molecular complexity index is 448. The fraction of sp³-hybridized carbons (Fsp3) is 0.533. The summed E-state index contributed by atoms with van der Waals surface area (Å²) in [5.41, 5.74) is 1.09. The number of carbonyl (C=O) groups is 1. The van der Waals surface area contributed by atoms with E-state index in [4.69, 9.17) is 4.74 Å². The molecule has 1 saturated heterocycles. The van der Waals surface area contributed by atoms with Gasteiger partial charge < -0.3 is 15.0 Å². The monoisotopic (exact) mass is 262 g/mol. The molecule has 0 saturated carbocycles. The van der Waals surface area contributed by atoms with Crippen molar-refractivity contribution in [3.63, 3.8) is 0 Å². The zero-order valence-corrected chi connectivity index (χ0v) is 11.8. The SMILES string of the molecule is COc1cccc(CN(C)C(=O)[C@@H]2CNC[C@H]2C)c1. The Hall–Kier alpha value is -1.55. The lowest BCUT2D eigenvalue weighted by molar-refractivity contribution is -0.135. The molecule has 2 atom stereocenters. The first-order valence-electron chi connectivity index (χ1n) is 6.70. The third kappa shape index (κ3) is 3.26. The van der Waals surface area contributed by atoms with E-state index in [2.05, 4.69) is 12.2 Å². The van der Waals surface area contributed by atoms with Crippen LogP contribution in [0.2, 0.25) is 0 Å². The van der Waals surface area contributed by atoms with E-state index in [0.29, 0.717) is 12.5 Å². The molecule has 1 fully saturated rings. The lowest BCUT2D eigenvalue weighted by Crippen LogP contribution is -2.35. The number of methoxy groups -OCH3 is 1. The van der Waals surface area contributed by atoms with Gasteiger partial charge in [0.1, 0.15) is 5.75 Å². The van der Waals surface area contributed by atoms with Gasteiger partial charge in [0.25, 0.3) is 0 Å². The van der Waals surface area contributed by atoms with E-state index < -0.39 is 0 Å². The number of hydrogen-bond donors (Lipinski definition) is 1. The standard InChI is InChI=1S/C15H22N2O2/c1-11-8-16-9-14(11)15(18)17(2)10-12-5-4-6-13(7-12)19-3/h4-7,11,14,16H,8-10H2,1-3H3/t11-,14-/m1/s1. The summed E-state index contributed by atoms with van der Waals surface area (Å²) in [7, 11) is 3.52. The molecule has 0 bridgehead atoms. The number of carbonyl (C=O) groups excluding carboxylic acids is 1. The van der Waals surface area contributed by atoms with Gasteiger partial charge in [-0.25, -0.2) is 0 Å². The summed E-state index contributed by atoms with van der Waals surface area (Å²) < 4.78 is 5.20. The van der Waals surface area contributed by atoms with Gasteiger partial charge in [0.2, 0.25) is 5.91 Å². The van der Waals surface area contributed by atoms with E-state index in [-0.39, 0.29) is 11.8 Å². The number of rotatable bonds is 4. The van der Waals surface area contributed by atoms with Crippen molar-refractivity contribution in [1.29, 1.82) is 0 Å². The molecule has 2 rings (SSSR count). The minimum absolute atomic E-state index is 0.107. The van der Waals surface area contributed by atoms with Crippen molar-refractivity contribution in [2.75, 3.05) is 27.2 Å². The molecule has 4 heteroatoms. The van der Waals surface area contributed by atoms with Crippen LogP contribution in [0.1, 0.15) is 12.5 Å². The molecule has 0 aliphatic carbocycles. The molecule has 1 aliphatic heterocycles. The molecule has 0 unspecified atom stereocenters. The first-order valence-corrected chi connectivity index (χ1v) is 6.70. The number of amides is 1. The second kappa shape index (κ2) is 6.06. The van der Waals surface area contributed by atoms with Crippen molar-refractivity contribution >= 4 is 5.91 Å². The van der Waals surface area contributed by atoms with Gasteiger partial charge in [-0.3, -0.25) is 4.79 Å². The van der Waals surface area contributed by atoms with Crippen LogP contribution in [0.15, 0.2) is 24.3 Å². The van der Waals surface area contributed by atoms with Crippen LogP contribution in [0.4, 0.5) is 0 Å². The average Bonchev–Trinajstić information content (AvgIpc) is 2.84. The third-order valence-corrected chi connectivity index (χ3v) is 3.76. The average molecular weight is 262 g/mol. The maximum absolute atomic E-state index is 12.4. The molecule has 1 amide bonds. The van der Waals surface area contributed by atoms with Crippen molar-refractivity contribution in [1.82, 2.24) is 10.2 Å². The Morgan fingerprint density at radius 1 is 1.47 bits per heavy atom. The molecule has 19 heavy (non-hydrogen) atoms. The number of benzene rings is 1. The molecule has 1 N–H and O–H groups in total. The second-order valence-corrected chi connectivity index (χ2v) is 5.29. The van der Waals surface area contributed by atoms with Crippen molar-refractivity contribution in [3.05, 3.63) is 29.8 Å². The third-order valence-electron chi connectivity index (χ3n) is 3.76. The number of nitrogens with one attached hydrogen (secondary N) is 1. The molecular weight excluding hydrogens is 240 g/mol. The molecular formula is C15H22N2O2. The van der Waals surface area contributed by atoms with E-state index >= 15 is 0 Å². The van der Waals surface area contributed by atoms with Gasteiger partial charge in [-0.05, 0) is 30.2 Å². The molecule has 1 aromatic carbocycles. The predicted octanol–water partition coefficient (Wildman–Crippen LogP) is 1.51. The Kier molecular flexibility index (Phi) is 4.43. The molecule has 1 heterocycles. The number of nitrogens with zero attached hydrogens (tertiary/aromatic N) is 1. The van der Waals surface area contributed by atoms with Gasteiger partial charge in [-0.2, -0.15) is 0 Å². The van der Waals surface area contributed by atoms with Gasteiger partial charge >= 0.3 is 0 Å². The van der Waals surface area contributed by atoms with Gasteiger partial charge in [0.15, 0.2) is 0 Å². The summed E-state index contributed by atoms with van der Waals surface area (Å²) in [5, 5.41) is 3.27. The van der Waals surface area contributed by atoms with Crippen LogP contribution in [-0.4, -0.2) is 38.1 Å². The van der Waals surface area contributed by atoms with Crippen LogP contribution < -0.4 is 10.1 Å². The zero-order chi connectivity index (χ0) is 13.8. The topological polar surface area (TPSA) is 41.6 Å². The molecule has 1 aromatic rings. The Morgan fingerprint density at radius 2 is 2.26 bits per heavy atom. The molecule has 0 aromatic heterocycles. The zero-order valence-electron chi connectivity index (χ0n) is 11.8. The smallest absolute Gasteiger partial charge is 0.227 e. The highest BCUT2D eigenvalue weighted by molar-refractivity contribution is 5.79. The minimum atomic E-state index is 0.107. The summed E-state index contributed by atoms with van der Waals surface area (Å²) in [5.74, 6) is 1.57. The van der Waals surface area contributed by atoms with E-state index in [1.165, 1.54) is 0 Å². The van der Waals surface area contributed by atoms with Gasteiger partial charge in [-0.1, -0.05) is 19.1 Å². The quantitative estimate of drug-likeness (QED) is 0.894. The fourth-order valence-electron chi connectivity index (χ4n) is 2.55.